The zero-order valence-corrected chi connectivity index (χ0v) is 18.8. The number of nitrogens with zero attached hydrogens (tertiary/aromatic N) is 2. The van der Waals surface area contributed by atoms with Crippen molar-refractivity contribution in [3.05, 3.63) is 51.8 Å². The van der Waals surface area contributed by atoms with Crippen LogP contribution in [0, 0.1) is 0 Å². The Kier molecular flexibility index (Phi) is 7.76. The van der Waals surface area contributed by atoms with Crippen LogP contribution in [0.1, 0.15) is 17.2 Å². The van der Waals surface area contributed by atoms with Crippen molar-refractivity contribution in [2.45, 2.75) is 18.6 Å². The number of carbonyl (C=O) groups is 1. The molecule has 6 nitrogen and oxygen atoms in total. The van der Waals surface area contributed by atoms with E-state index in [1.165, 1.54) is 16.8 Å². The second-order valence-corrected chi connectivity index (χ2v) is 8.49. The number of esters is 1. The highest BCUT2D eigenvalue weighted by Gasteiger charge is 2.34. The van der Waals surface area contributed by atoms with Crippen LogP contribution in [0.4, 0.5) is 0 Å². The van der Waals surface area contributed by atoms with Crippen molar-refractivity contribution >= 4 is 52.7 Å². The van der Waals surface area contributed by atoms with Gasteiger partial charge in [0.25, 0.3) is 0 Å². The molecule has 0 unspecified atom stereocenters. The van der Waals surface area contributed by atoms with Gasteiger partial charge in [-0.1, -0.05) is 29.3 Å². The summed E-state index contributed by atoms with van der Waals surface area (Å²) in [5, 5.41) is 0.795. The van der Waals surface area contributed by atoms with E-state index < -0.39 is 18.1 Å². The Morgan fingerprint density at radius 3 is 2.52 bits per heavy atom. The van der Waals surface area contributed by atoms with Crippen LogP contribution in [0.15, 0.2) is 30.6 Å². The van der Waals surface area contributed by atoms with Gasteiger partial charge >= 0.3 is 5.97 Å². The quantitative estimate of drug-likeness (QED) is 0.421. The van der Waals surface area contributed by atoms with E-state index in [0.29, 0.717) is 44.3 Å². The topological polar surface area (TPSA) is 60.9 Å². The normalized spacial score (nSPS) is 17.8. The third kappa shape index (κ3) is 5.22. The van der Waals surface area contributed by atoms with Gasteiger partial charge in [0.05, 0.1) is 30.1 Å². The molecule has 1 aliphatic heterocycles. The first-order chi connectivity index (χ1) is 13.9. The van der Waals surface area contributed by atoms with E-state index in [1.54, 1.807) is 38.1 Å². The lowest BCUT2D eigenvalue weighted by Crippen LogP contribution is -2.34. The van der Waals surface area contributed by atoms with Crippen molar-refractivity contribution in [3.8, 4) is 11.5 Å². The predicted octanol–water partition coefficient (Wildman–Crippen LogP) is 4.76. The number of halogens is 3. The van der Waals surface area contributed by atoms with Crippen LogP contribution in [-0.4, -0.2) is 47.3 Å². The third-order valence-electron chi connectivity index (χ3n) is 4.48. The van der Waals surface area contributed by atoms with Crippen LogP contribution in [0.2, 0.25) is 10.0 Å². The molecule has 1 aliphatic rings. The number of thioether (sulfide) groups is 1. The number of rotatable bonds is 7. The Labute approximate surface area is 188 Å². The van der Waals surface area contributed by atoms with Crippen LogP contribution in [0.25, 0.3) is 0 Å². The lowest BCUT2D eigenvalue weighted by atomic mass is 10.0. The van der Waals surface area contributed by atoms with Gasteiger partial charge in [-0.3, -0.25) is 9.78 Å². The third-order valence-corrected chi connectivity index (χ3v) is 6.64. The van der Waals surface area contributed by atoms with Gasteiger partial charge in [-0.25, -0.2) is 0 Å². The summed E-state index contributed by atoms with van der Waals surface area (Å²) in [5.74, 6) is 1.81. The lowest BCUT2D eigenvalue weighted by Gasteiger charge is -2.23. The number of carbonyl (C=O) groups excluding carboxylic acids is 1. The van der Waals surface area contributed by atoms with Crippen molar-refractivity contribution in [3.63, 3.8) is 0 Å². The molecule has 2 atom stereocenters. The molecule has 0 bridgehead atoms. The van der Waals surface area contributed by atoms with Crippen LogP contribution in [0.5, 0.6) is 11.5 Å². The Hall–Kier alpha value is -1.38. The fourth-order valence-electron chi connectivity index (χ4n) is 2.92. The number of hydrogen-bond acceptors (Lipinski definition) is 7. The molecule has 0 radical (unpaired) electrons. The van der Waals surface area contributed by atoms with Gasteiger partial charge in [-0.05, 0) is 35.0 Å². The zero-order chi connectivity index (χ0) is 21.0. The average Bonchev–Trinajstić information content (AvgIpc) is 3.15. The second kappa shape index (κ2) is 10.1. The van der Waals surface area contributed by atoms with Gasteiger partial charge in [-0.2, -0.15) is 4.42 Å². The van der Waals surface area contributed by atoms with Gasteiger partial charge in [0.1, 0.15) is 12.1 Å². The van der Waals surface area contributed by atoms with E-state index in [0.717, 1.165) is 0 Å². The van der Waals surface area contributed by atoms with Crippen LogP contribution >= 0.6 is 46.7 Å². The van der Waals surface area contributed by atoms with E-state index in [-0.39, 0.29) is 6.42 Å². The minimum absolute atomic E-state index is 0.267. The molecule has 2 heterocycles. The van der Waals surface area contributed by atoms with Gasteiger partial charge in [0.15, 0.2) is 11.5 Å². The van der Waals surface area contributed by atoms with Crippen molar-refractivity contribution in [1.29, 1.82) is 0 Å². The number of benzene rings is 1. The Morgan fingerprint density at radius 1 is 1.24 bits per heavy atom. The molecule has 2 aromatic rings. The van der Waals surface area contributed by atoms with Crippen LogP contribution < -0.4 is 9.47 Å². The maximum atomic E-state index is 12.8. The molecule has 29 heavy (non-hydrogen) atoms. The fraction of sp³-hybridized carbons (Fsp3) is 0.368. The number of hydrogen-bond donors (Lipinski definition) is 0. The Balaban J connectivity index is 1.94. The van der Waals surface area contributed by atoms with E-state index in [9.17, 15) is 4.79 Å². The molecule has 3 rings (SSSR count). The number of methoxy groups -OCH3 is 2. The number of pyridine rings is 1. The number of aromatic nitrogens is 1. The summed E-state index contributed by atoms with van der Waals surface area (Å²) in [6.07, 6.45) is 2.62. The highest BCUT2D eigenvalue weighted by atomic mass is 35.5. The molecule has 10 heteroatoms. The SMILES string of the molecule is COc1ccc([C@H](Cc2c(Cl)cncc2Cl)OC(=O)[C@@H]2CSCN2Cl)cc1OC. The van der Waals surface area contributed by atoms with Crippen molar-refractivity contribution in [2.75, 3.05) is 25.8 Å². The van der Waals surface area contributed by atoms with Crippen molar-refractivity contribution < 1.29 is 19.0 Å². The van der Waals surface area contributed by atoms with Crippen molar-refractivity contribution in [2.24, 2.45) is 0 Å². The molecule has 0 amide bonds. The summed E-state index contributed by atoms with van der Waals surface area (Å²) in [6, 6.07) is 4.81. The maximum Gasteiger partial charge on any atom is 0.326 e. The Bertz CT molecular complexity index is 866. The molecular weight excluding hydrogens is 459 g/mol. The van der Waals surface area contributed by atoms with E-state index in [1.807, 2.05) is 6.07 Å². The lowest BCUT2D eigenvalue weighted by molar-refractivity contribution is -0.152. The summed E-state index contributed by atoms with van der Waals surface area (Å²) in [4.78, 5) is 16.8. The highest BCUT2D eigenvalue weighted by molar-refractivity contribution is 7.99. The second-order valence-electron chi connectivity index (χ2n) is 6.24. The molecule has 0 saturated carbocycles. The first kappa shape index (κ1) is 22.3. The average molecular weight is 478 g/mol. The molecule has 0 aliphatic carbocycles. The highest BCUT2D eigenvalue weighted by Crippen LogP contribution is 2.36. The van der Waals surface area contributed by atoms with Crippen LogP contribution in [-0.2, 0) is 16.0 Å². The minimum Gasteiger partial charge on any atom is -0.493 e. The molecule has 1 fully saturated rings. The fourth-order valence-corrected chi connectivity index (χ4v) is 4.88. The maximum absolute atomic E-state index is 12.8. The summed E-state index contributed by atoms with van der Waals surface area (Å²) in [7, 11) is 3.10. The number of ether oxygens (including phenoxy) is 3. The summed E-state index contributed by atoms with van der Waals surface area (Å²) >= 11 is 20.3. The minimum atomic E-state index is -0.657. The van der Waals surface area contributed by atoms with Gasteiger partial charge in [0.2, 0.25) is 0 Å². The molecular formula is C19H19Cl3N2O4S. The summed E-state index contributed by atoms with van der Waals surface area (Å²) < 4.78 is 18.0. The van der Waals surface area contributed by atoms with E-state index in [4.69, 9.17) is 49.2 Å². The molecule has 1 aromatic carbocycles. The van der Waals surface area contributed by atoms with Gasteiger partial charge in [0, 0.05) is 24.6 Å². The molecule has 156 valence electrons. The predicted molar refractivity (Wildman–Crippen MR) is 115 cm³/mol. The largest absolute Gasteiger partial charge is 0.493 e. The molecule has 1 aromatic heterocycles. The molecule has 1 saturated heterocycles. The first-order valence-electron chi connectivity index (χ1n) is 8.65. The summed E-state index contributed by atoms with van der Waals surface area (Å²) in [5.41, 5.74) is 1.35. The van der Waals surface area contributed by atoms with Crippen molar-refractivity contribution in [1.82, 2.24) is 9.40 Å². The molecule has 0 spiro atoms. The zero-order valence-electron chi connectivity index (χ0n) is 15.7. The smallest absolute Gasteiger partial charge is 0.326 e. The van der Waals surface area contributed by atoms with Crippen LogP contribution in [0.3, 0.4) is 0 Å². The standard InChI is InChI=1S/C19H19Cl3N2O4S/c1-26-16-4-3-11(5-18(16)27-2)17(6-12-13(20)7-23-8-14(12)21)28-19(25)15-9-29-10-24(15)22/h3-5,7-8,15,17H,6,9-10H2,1-2H3/t15-,17-/m0/s1. The van der Waals surface area contributed by atoms with Gasteiger partial charge < -0.3 is 14.2 Å². The first-order valence-corrected chi connectivity index (χ1v) is 10.9. The van der Waals surface area contributed by atoms with Gasteiger partial charge in [-0.15, -0.1) is 11.8 Å². The summed E-state index contributed by atoms with van der Waals surface area (Å²) in [6.45, 7) is 0. The Morgan fingerprint density at radius 2 is 1.93 bits per heavy atom. The molecule has 0 N–H and O–H groups in total. The van der Waals surface area contributed by atoms with E-state index in [2.05, 4.69) is 4.98 Å². The monoisotopic (exact) mass is 476 g/mol. The van der Waals surface area contributed by atoms with E-state index >= 15 is 0 Å².